The van der Waals surface area contributed by atoms with Gasteiger partial charge in [0.05, 0.1) is 7.11 Å². The fourth-order valence-corrected chi connectivity index (χ4v) is 2.35. The van der Waals surface area contributed by atoms with Crippen molar-refractivity contribution in [1.82, 2.24) is 5.32 Å². The maximum Gasteiger partial charge on any atom is 0.260 e. The number of nitrogens with one attached hydrogen (secondary N) is 1. The average Bonchev–Trinajstić information content (AvgIpc) is 2.92. The van der Waals surface area contributed by atoms with Crippen molar-refractivity contribution in [2.75, 3.05) is 7.11 Å². The molecule has 1 aromatic carbocycles. The summed E-state index contributed by atoms with van der Waals surface area (Å²) in [5.41, 5.74) is 0. The average molecular weight is 263 g/mol. The topological polar surface area (TPSA) is 47.6 Å². The zero-order valence-electron chi connectivity index (χ0n) is 11.5. The van der Waals surface area contributed by atoms with E-state index in [2.05, 4.69) is 5.32 Å². The molecule has 1 aliphatic carbocycles. The first-order valence-electron chi connectivity index (χ1n) is 6.80. The van der Waals surface area contributed by atoms with Gasteiger partial charge in [0.15, 0.2) is 17.6 Å². The van der Waals surface area contributed by atoms with Crippen LogP contribution < -0.4 is 14.8 Å². The number of amides is 1. The second kappa shape index (κ2) is 6.45. The van der Waals surface area contributed by atoms with Crippen molar-refractivity contribution in [3.63, 3.8) is 0 Å². The zero-order valence-corrected chi connectivity index (χ0v) is 11.5. The van der Waals surface area contributed by atoms with Crippen LogP contribution in [-0.2, 0) is 4.79 Å². The van der Waals surface area contributed by atoms with Crippen LogP contribution in [-0.4, -0.2) is 25.2 Å². The van der Waals surface area contributed by atoms with Gasteiger partial charge in [-0.2, -0.15) is 0 Å². The summed E-state index contributed by atoms with van der Waals surface area (Å²) < 4.78 is 10.9. The van der Waals surface area contributed by atoms with Crippen LogP contribution in [0.25, 0.3) is 0 Å². The highest BCUT2D eigenvalue weighted by Crippen LogP contribution is 2.27. The van der Waals surface area contributed by atoms with Crippen LogP contribution in [0.4, 0.5) is 0 Å². The molecule has 0 bridgehead atoms. The third-order valence-electron chi connectivity index (χ3n) is 3.44. The third kappa shape index (κ3) is 3.63. The SMILES string of the molecule is COc1ccccc1O[C@@H](C)C(=O)NC1CCCC1. The minimum atomic E-state index is -0.517. The summed E-state index contributed by atoms with van der Waals surface area (Å²) in [4.78, 5) is 12.0. The van der Waals surface area contributed by atoms with E-state index in [9.17, 15) is 4.79 Å². The molecule has 1 aliphatic rings. The molecule has 4 nitrogen and oxygen atoms in total. The number of carbonyl (C=O) groups is 1. The summed E-state index contributed by atoms with van der Waals surface area (Å²) in [7, 11) is 1.59. The van der Waals surface area contributed by atoms with Crippen LogP contribution in [0.15, 0.2) is 24.3 Å². The van der Waals surface area contributed by atoms with Crippen LogP contribution in [0.3, 0.4) is 0 Å². The number of benzene rings is 1. The normalized spacial score (nSPS) is 16.9. The number of hydrogen-bond donors (Lipinski definition) is 1. The molecular weight excluding hydrogens is 242 g/mol. The lowest BCUT2D eigenvalue weighted by Gasteiger charge is -2.19. The molecule has 0 aliphatic heterocycles. The Balaban J connectivity index is 1.92. The number of hydrogen-bond acceptors (Lipinski definition) is 3. The molecule has 1 amide bonds. The van der Waals surface area contributed by atoms with Gasteiger partial charge in [-0.1, -0.05) is 25.0 Å². The van der Waals surface area contributed by atoms with Gasteiger partial charge < -0.3 is 14.8 Å². The quantitative estimate of drug-likeness (QED) is 0.888. The van der Waals surface area contributed by atoms with Crippen molar-refractivity contribution >= 4 is 5.91 Å². The summed E-state index contributed by atoms with van der Waals surface area (Å²) in [5.74, 6) is 1.18. The van der Waals surface area contributed by atoms with E-state index in [1.165, 1.54) is 12.8 Å². The van der Waals surface area contributed by atoms with E-state index in [0.717, 1.165) is 12.8 Å². The van der Waals surface area contributed by atoms with Gasteiger partial charge in [0, 0.05) is 6.04 Å². The molecule has 2 rings (SSSR count). The predicted octanol–water partition coefficient (Wildman–Crippen LogP) is 2.52. The van der Waals surface area contributed by atoms with E-state index in [4.69, 9.17) is 9.47 Å². The van der Waals surface area contributed by atoms with Gasteiger partial charge in [-0.3, -0.25) is 4.79 Å². The van der Waals surface area contributed by atoms with Crippen LogP contribution in [0.1, 0.15) is 32.6 Å². The lowest BCUT2D eigenvalue weighted by molar-refractivity contribution is -0.128. The highest BCUT2D eigenvalue weighted by Gasteiger charge is 2.22. The van der Waals surface area contributed by atoms with E-state index in [1.807, 2.05) is 18.2 Å². The molecular formula is C15H21NO3. The standard InChI is InChI=1S/C15H21NO3/c1-11(15(17)16-12-7-3-4-8-12)19-14-10-6-5-9-13(14)18-2/h5-6,9-12H,3-4,7-8H2,1-2H3,(H,16,17)/t11-/m0/s1. The predicted molar refractivity (Wildman–Crippen MR) is 73.5 cm³/mol. The summed E-state index contributed by atoms with van der Waals surface area (Å²) in [5, 5.41) is 3.03. The highest BCUT2D eigenvalue weighted by molar-refractivity contribution is 5.81. The Labute approximate surface area is 114 Å². The molecule has 0 saturated heterocycles. The Hall–Kier alpha value is -1.71. The maximum atomic E-state index is 12.0. The van der Waals surface area contributed by atoms with Crippen LogP contribution >= 0.6 is 0 Å². The van der Waals surface area contributed by atoms with Crippen LogP contribution in [0.5, 0.6) is 11.5 Å². The Morgan fingerprint density at radius 2 is 1.89 bits per heavy atom. The first-order valence-corrected chi connectivity index (χ1v) is 6.80. The number of ether oxygens (including phenoxy) is 2. The molecule has 0 spiro atoms. The zero-order chi connectivity index (χ0) is 13.7. The van der Waals surface area contributed by atoms with E-state index in [1.54, 1.807) is 20.1 Å². The molecule has 0 heterocycles. The molecule has 104 valence electrons. The Morgan fingerprint density at radius 1 is 1.26 bits per heavy atom. The molecule has 1 fully saturated rings. The van der Waals surface area contributed by atoms with Gasteiger partial charge in [-0.05, 0) is 31.9 Å². The largest absolute Gasteiger partial charge is 0.493 e. The highest BCUT2D eigenvalue weighted by atomic mass is 16.5. The van der Waals surface area contributed by atoms with E-state index in [0.29, 0.717) is 17.5 Å². The van der Waals surface area contributed by atoms with Crippen molar-refractivity contribution in [1.29, 1.82) is 0 Å². The summed E-state index contributed by atoms with van der Waals surface area (Å²) in [6, 6.07) is 7.67. The third-order valence-corrected chi connectivity index (χ3v) is 3.44. The Bertz CT molecular complexity index is 427. The van der Waals surface area contributed by atoms with Crippen molar-refractivity contribution in [3.05, 3.63) is 24.3 Å². The first-order chi connectivity index (χ1) is 9.20. The van der Waals surface area contributed by atoms with E-state index < -0.39 is 6.10 Å². The minimum absolute atomic E-state index is 0.0576. The minimum Gasteiger partial charge on any atom is -0.493 e. The Kier molecular flexibility index (Phi) is 4.66. The summed E-state index contributed by atoms with van der Waals surface area (Å²) in [6.45, 7) is 1.76. The first kappa shape index (κ1) is 13.7. The fraction of sp³-hybridized carbons (Fsp3) is 0.533. The molecule has 0 unspecified atom stereocenters. The monoisotopic (exact) mass is 263 g/mol. The van der Waals surface area contributed by atoms with Crippen molar-refractivity contribution in [2.45, 2.75) is 44.8 Å². The maximum absolute atomic E-state index is 12.0. The molecule has 1 N–H and O–H groups in total. The van der Waals surface area contributed by atoms with Gasteiger partial charge >= 0.3 is 0 Å². The van der Waals surface area contributed by atoms with Gasteiger partial charge in [-0.25, -0.2) is 0 Å². The van der Waals surface area contributed by atoms with Crippen molar-refractivity contribution in [3.8, 4) is 11.5 Å². The van der Waals surface area contributed by atoms with Crippen molar-refractivity contribution < 1.29 is 14.3 Å². The summed E-state index contributed by atoms with van der Waals surface area (Å²) >= 11 is 0. The second-order valence-corrected chi connectivity index (χ2v) is 4.90. The molecule has 0 radical (unpaired) electrons. The lowest BCUT2D eigenvalue weighted by atomic mass is 10.2. The number of methoxy groups -OCH3 is 1. The fourth-order valence-electron chi connectivity index (χ4n) is 2.35. The van der Waals surface area contributed by atoms with Gasteiger partial charge in [0.2, 0.25) is 0 Å². The molecule has 4 heteroatoms. The Morgan fingerprint density at radius 3 is 2.53 bits per heavy atom. The smallest absolute Gasteiger partial charge is 0.260 e. The van der Waals surface area contributed by atoms with Crippen LogP contribution in [0, 0.1) is 0 Å². The second-order valence-electron chi connectivity index (χ2n) is 4.90. The lowest BCUT2D eigenvalue weighted by Crippen LogP contribution is -2.41. The summed E-state index contributed by atoms with van der Waals surface area (Å²) in [6.07, 6.45) is 4.04. The molecule has 1 atom stereocenters. The van der Waals surface area contributed by atoms with Gasteiger partial charge in [-0.15, -0.1) is 0 Å². The van der Waals surface area contributed by atoms with E-state index in [-0.39, 0.29) is 5.91 Å². The number of carbonyl (C=O) groups excluding carboxylic acids is 1. The van der Waals surface area contributed by atoms with Gasteiger partial charge in [0.25, 0.3) is 5.91 Å². The number of rotatable bonds is 5. The molecule has 1 aromatic rings. The number of para-hydroxylation sites is 2. The van der Waals surface area contributed by atoms with Crippen LogP contribution in [0.2, 0.25) is 0 Å². The molecule has 1 saturated carbocycles. The van der Waals surface area contributed by atoms with Gasteiger partial charge in [0.1, 0.15) is 0 Å². The molecule has 19 heavy (non-hydrogen) atoms. The van der Waals surface area contributed by atoms with E-state index >= 15 is 0 Å². The molecule has 0 aromatic heterocycles. The van der Waals surface area contributed by atoms with Crippen molar-refractivity contribution in [2.24, 2.45) is 0 Å².